The summed E-state index contributed by atoms with van der Waals surface area (Å²) in [6, 6.07) is 6.65. The van der Waals surface area contributed by atoms with Gasteiger partial charge in [-0.25, -0.2) is 0 Å². The molecule has 1 saturated carbocycles. The topological polar surface area (TPSA) is 50.4 Å². The van der Waals surface area contributed by atoms with Gasteiger partial charge in [-0.3, -0.25) is 4.79 Å². The molecule has 2 aliphatic rings. The van der Waals surface area contributed by atoms with Gasteiger partial charge in [0.2, 0.25) is 0 Å². The number of fused-ring (bicyclic) bond motifs is 1. The lowest BCUT2D eigenvalue weighted by atomic mass is 9.87. The number of carbonyl (C=O) groups is 1. The Hall–Kier alpha value is -1.55. The zero-order valence-electron chi connectivity index (χ0n) is 12.7. The van der Waals surface area contributed by atoms with Crippen LogP contribution < -0.4 is 15.4 Å². The molecule has 1 fully saturated rings. The SMILES string of the molecule is CNC1CCCc2cc(OCC(=O)NCC3CC3)ccc21. The zero-order chi connectivity index (χ0) is 14.7. The smallest absolute Gasteiger partial charge is 0.257 e. The number of amides is 1. The molecule has 2 aliphatic carbocycles. The van der Waals surface area contributed by atoms with Crippen LogP contribution in [0.1, 0.15) is 42.9 Å². The summed E-state index contributed by atoms with van der Waals surface area (Å²) >= 11 is 0. The van der Waals surface area contributed by atoms with Crippen molar-refractivity contribution in [2.24, 2.45) is 5.92 Å². The third kappa shape index (κ3) is 3.76. The maximum atomic E-state index is 11.7. The van der Waals surface area contributed by atoms with Crippen molar-refractivity contribution in [2.45, 2.75) is 38.1 Å². The van der Waals surface area contributed by atoms with Crippen LogP contribution in [0.15, 0.2) is 18.2 Å². The zero-order valence-corrected chi connectivity index (χ0v) is 12.7. The van der Waals surface area contributed by atoms with E-state index < -0.39 is 0 Å². The number of aryl methyl sites for hydroxylation is 1. The third-order valence-electron chi connectivity index (χ3n) is 4.43. The molecule has 4 nitrogen and oxygen atoms in total. The molecule has 1 aromatic carbocycles. The van der Waals surface area contributed by atoms with Gasteiger partial charge in [-0.1, -0.05) is 6.07 Å². The second-order valence-electron chi connectivity index (χ2n) is 6.13. The summed E-state index contributed by atoms with van der Waals surface area (Å²) in [5.74, 6) is 1.48. The Bertz CT molecular complexity index is 512. The summed E-state index contributed by atoms with van der Waals surface area (Å²) in [6.07, 6.45) is 5.98. The number of benzene rings is 1. The first kappa shape index (κ1) is 14.4. The molecule has 21 heavy (non-hydrogen) atoms. The van der Waals surface area contributed by atoms with Gasteiger partial charge >= 0.3 is 0 Å². The summed E-state index contributed by atoms with van der Waals surface area (Å²) in [5.41, 5.74) is 2.71. The largest absolute Gasteiger partial charge is 0.484 e. The molecule has 1 unspecified atom stereocenters. The monoisotopic (exact) mass is 288 g/mol. The van der Waals surface area contributed by atoms with E-state index in [1.165, 1.54) is 36.8 Å². The van der Waals surface area contributed by atoms with Crippen LogP contribution in [0.5, 0.6) is 5.75 Å². The molecule has 0 radical (unpaired) electrons. The third-order valence-corrected chi connectivity index (χ3v) is 4.43. The highest BCUT2D eigenvalue weighted by molar-refractivity contribution is 5.77. The average molecular weight is 288 g/mol. The van der Waals surface area contributed by atoms with Gasteiger partial charge in [-0.15, -0.1) is 0 Å². The van der Waals surface area contributed by atoms with E-state index in [-0.39, 0.29) is 12.5 Å². The number of carbonyl (C=O) groups excluding carboxylic acids is 1. The maximum absolute atomic E-state index is 11.7. The van der Waals surface area contributed by atoms with E-state index in [0.29, 0.717) is 12.0 Å². The summed E-state index contributed by atoms with van der Waals surface area (Å²) in [6.45, 7) is 0.914. The van der Waals surface area contributed by atoms with Crippen LogP contribution in [0.4, 0.5) is 0 Å². The van der Waals surface area contributed by atoms with E-state index in [9.17, 15) is 4.79 Å². The van der Waals surface area contributed by atoms with E-state index in [1.54, 1.807) is 0 Å². The van der Waals surface area contributed by atoms with Crippen molar-refractivity contribution in [1.82, 2.24) is 10.6 Å². The van der Waals surface area contributed by atoms with Gasteiger partial charge in [-0.05, 0) is 68.3 Å². The summed E-state index contributed by atoms with van der Waals surface area (Å²) in [5, 5.41) is 6.28. The van der Waals surface area contributed by atoms with Gasteiger partial charge in [0.25, 0.3) is 5.91 Å². The Morgan fingerprint density at radius 3 is 2.95 bits per heavy atom. The van der Waals surface area contributed by atoms with Crippen LogP contribution in [0.3, 0.4) is 0 Å². The van der Waals surface area contributed by atoms with Crippen molar-refractivity contribution >= 4 is 5.91 Å². The fraction of sp³-hybridized carbons (Fsp3) is 0.588. The van der Waals surface area contributed by atoms with Crippen molar-refractivity contribution in [3.8, 4) is 5.75 Å². The van der Waals surface area contributed by atoms with Gasteiger partial charge in [0.05, 0.1) is 0 Å². The van der Waals surface area contributed by atoms with Crippen LogP contribution in [-0.2, 0) is 11.2 Å². The maximum Gasteiger partial charge on any atom is 0.257 e. The number of hydrogen-bond acceptors (Lipinski definition) is 3. The van der Waals surface area contributed by atoms with Crippen LogP contribution >= 0.6 is 0 Å². The molecule has 1 atom stereocenters. The van der Waals surface area contributed by atoms with Gasteiger partial charge in [0.1, 0.15) is 5.75 Å². The standard InChI is InChI=1S/C17H24N2O2/c1-18-16-4-2-3-13-9-14(7-8-15(13)16)21-11-17(20)19-10-12-5-6-12/h7-9,12,16,18H,2-6,10-11H2,1H3,(H,19,20). The predicted molar refractivity (Wildman–Crippen MR) is 82.4 cm³/mol. The molecular weight excluding hydrogens is 264 g/mol. The first-order chi connectivity index (χ1) is 10.3. The lowest BCUT2D eigenvalue weighted by molar-refractivity contribution is -0.123. The Kier molecular flexibility index (Phi) is 4.44. The Balaban J connectivity index is 1.54. The molecule has 0 bridgehead atoms. The van der Waals surface area contributed by atoms with Crippen LogP contribution in [0.2, 0.25) is 0 Å². The molecule has 0 aliphatic heterocycles. The molecule has 1 aromatic rings. The highest BCUT2D eigenvalue weighted by Crippen LogP contribution is 2.32. The van der Waals surface area contributed by atoms with E-state index in [0.717, 1.165) is 18.7 Å². The van der Waals surface area contributed by atoms with E-state index >= 15 is 0 Å². The summed E-state index contributed by atoms with van der Waals surface area (Å²) < 4.78 is 5.62. The minimum Gasteiger partial charge on any atom is -0.484 e. The van der Waals surface area contributed by atoms with E-state index in [1.807, 2.05) is 13.1 Å². The fourth-order valence-electron chi connectivity index (χ4n) is 2.96. The number of nitrogens with one attached hydrogen (secondary N) is 2. The van der Waals surface area contributed by atoms with Crippen molar-refractivity contribution in [3.63, 3.8) is 0 Å². The normalized spacial score (nSPS) is 20.7. The minimum atomic E-state index is -0.0206. The Morgan fingerprint density at radius 1 is 1.33 bits per heavy atom. The highest BCUT2D eigenvalue weighted by Gasteiger charge is 2.22. The van der Waals surface area contributed by atoms with Crippen LogP contribution in [0.25, 0.3) is 0 Å². The number of ether oxygens (including phenoxy) is 1. The van der Waals surface area contributed by atoms with Crippen molar-refractivity contribution < 1.29 is 9.53 Å². The van der Waals surface area contributed by atoms with Crippen molar-refractivity contribution in [2.75, 3.05) is 20.2 Å². The number of rotatable bonds is 6. The number of hydrogen-bond donors (Lipinski definition) is 2. The summed E-state index contributed by atoms with van der Waals surface area (Å²) in [7, 11) is 2.01. The molecule has 0 spiro atoms. The Labute approximate surface area is 126 Å². The average Bonchev–Trinajstić information content (AvgIpc) is 3.34. The first-order valence-corrected chi connectivity index (χ1v) is 7.96. The molecule has 114 valence electrons. The molecule has 1 amide bonds. The molecule has 2 N–H and O–H groups in total. The molecule has 0 heterocycles. The minimum absolute atomic E-state index is 0.0206. The highest BCUT2D eigenvalue weighted by atomic mass is 16.5. The predicted octanol–water partition coefficient (Wildman–Crippen LogP) is 2.19. The Morgan fingerprint density at radius 2 is 2.19 bits per heavy atom. The second kappa shape index (κ2) is 6.48. The van der Waals surface area contributed by atoms with Gasteiger partial charge < -0.3 is 15.4 Å². The fourth-order valence-corrected chi connectivity index (χ4v) is 2.96. The quantitative estimate of drug-likeness (QED) is 0.843. The van der Waals surface area contributed by atoms with Gasteiger partial charge in [0.15, 0.2) is 6.61 Å². The molecule has 0 saturated heterocycles. The van der Waals surface area contributed by atoms with Gasteiger partial charge in [-0.2, -0.15) is 0 Å². The van der Waals surface area contributed by atoms with Crippen LogP contribution in [-0.4, -0.2) is 26.1 Å². The van der Waals surface area contributed by atoms with Crippen molar-refractivity contribution in [3.05, 3.63) is 29.3 Å². The summed E-state index contributed by atoms with van der Waals surface area (Å²) in [4.78, 5) is 11.7. The molecule has 0 aromatic heterocycles. The van der Waals surface area contributed by atoms with Crippen molar-refractivity contribution in [1.29, 1.82) is 0 Å². The van der Waals surface area contributed by atoms with E-state index in [4.69, 9.17) is 4.74 Å². The molecule has 4 heteroatoms. The van der Waals surface area contributed by atoms with E-state index in [2.05, 4.69) is 22.8 Å². The first-order valence-electron chi connectivity index (χ1n) is 7.96. The second-order valence-corrected chi connectivity index (χ2v) is 6.13. The molecular formula is C17H24N2O2. The van der Waals surface area contributed by atoms with Gasteiger partial charge in [0, 0.05) is 12.6 Å². The lowest BCUT2D eigenvalue weighted by Gasteiger charge is -2.25. The lowest BCUT2D eigenvalue weighted by Crippen LogP contribution is -2.30. The molecule has 3 rings (SSSR count). The van der Waals surface area contributed by atoms with Crippen LogP contribution in [0, 0.1) is 5.92 Å².